The number of aromatic nitrogens is 1. The van der Waals surface area contributed by atoms with Gasteiger partial charge in [0, 0.05) is 29.6 Å². The van der Waals surface area contributed by atoms with Crippen molar-refractivity contribution in [3.63, 3.8) is 0 Å². The normalized spacial score (nSPS) is 9.86. The van der Waals surface area contributed by atoms with Crippen molar-refractivity contribution in [1.29, 1.82) is 0 Å². The van der Waals surface area contributed by atoms with Crippen molar-refractivity contribution in [1.82, 2.24) is 4.98 Å². The summed E-state index contributed by atoms with van der Waals surface area (Å²) < 4.78 is 27.1. The van der Waals surface area contributed by atoms with Crippen molar-refractivity contribution in [2.24, 2.45) is 0 Å². The molecule has 1 aromatic carbocycles. The van der Waals surface area contributed by atoms with Gasteiger partial charge in [0.25, 0.3) is 0 Å². The Hall–Kier alpha value is -2.57. The van der Waals surface area contributed by atoms with Crippen molar-refractivity contribution in [3.8, 4) is 0 Å². The summed E-state index contributed by atoms with van der Waals surface area (Å²) >= 11 is 0. The number of carbonyl (C=O) groups is 2. The molecule has 1 heterocycles. The van der Waals surface area contributed by atoms with Crippen LogP contribution in [0.15, 0.2) is 24.4 Å². The van der Waals surface area contributed by atoms with Crippen molar-refractivity contribution in [2.45, 2.75) is 19.8 Å². The predicted octanol–water partition coefficient (Wildman–Crippen LogP) is 2.62. The minimum Gasteiger partial charge on any atom is -0.481 e. The van der Waals surface area contributed by atoms with Gasteiger partial charge < -0.3 is 10.2 Å². The van der Waals surface area contributed by atoms with E-state index in [0.29, 0.717) is 0 Å². The molecule has 5 nitrogen and oxygen atoms in total. The molecule has 21 heavy (non-hydrogen) atoms. The Morgan fingerprint density at radius 2 is 1.86 bits per heavy atom. The van der Waals surface area contributed by atoms with Gasteiger partial charge in [0.05, 0.1) is 11.9 Å². The molecule has 0 atom stereocenters. The zero-order valence-electron chi connectivity index (χ0n) is 11.1. The molecule has 0 saturated heterocycles. The van der Waals surface area contributed by atoms with Crippen molar-refractivity contribution in [2.75, 3.05) is 0 Å². The molecule has 0 bridgehead atoms. The number of fused-ring (bicyclic) bond motifs is 1. The molecule has 0 aliphatic heterocycles. The molecule has 7 heteroatoms. The van der Waals surface area contributed by atoms with Gasteiger partial charge in [-0.15, -0.1) is 0 Å². The molecule has 0 unspecified atom stereocenters. The predicted molar refractivity (Wildman–Crippen MR) is 70.9 cm³/mol. The molecule has 0 aliphatic rings. The van der Waals surface area contributed by atoms with E-state index in [9.17, 15) is 18.4 Å². The van der Waals surface area contributed by atoms with E-state index in [4.69, 9.17) is 10.2 Å². The maximum Gasteiger partial charge on any atom is 0.308 e. The molecule has 2 rings (SSSR count). The highest BCUT2D eigenvalue weighted by molar-refractivity contribution is 5.81. The smallest absolute Gasteiger partial charge is 0.308 e. The largest absolute Gasteiger partial charge is 0.481 e. The minimum absolute atomic E-state index is 0.125. The van der Waals surface area contributed by atoms with E-state index in [-0.39, 0.29) is 17.3 Å². The second-order valence-electron chi connectivity index (χ2n) is 4.04. The lowest BCUT2D eigenvalue weighted by Gasteiger charge is -2.05. The second kappa shape index (κ2) is 7.28. The minimum atomic E-state index is -1.28. The molecule has 1 aromatic heterocycles. The number of nitrogens with zero attached hydrogens (tertiary/aromatic N) is 1. The van der Waals surface area contributed by atoms with Crippen LogP contribution in [0.5, 0.6) is 0 Å². The fourth-order valence-corrected chi connectivity index (χ4v) is 1.51. The molecule has 2 aromatic rings. The maximum absolute atomic E-state index is 13.7. The summed E-state index contributed by atoms with van der Waals surface area (Å²) in [4.78, 5) is 23.6. The van der Waals surface area contributed by atoms with E-state index >= 15 is 0 Å². The molecule has 0 amide bonds. The molecule has 0 fully saturated rings. The van der Waals surface area contributed by atoms with Gasteiger partial charge in [-0.05, 0) is 12.1 Å². The van der Waals surface area contributed by atoms with Gasteiger partial charge in [0.2, 0.25) is 0 Å². The van der Waals surface area contributed by atoms with E-state index in [1.807, 2.05) is 0 Å². The first-order chi connectivity index (χ1) is 9.86. The Morgan fingerprint density at radius 1 is 1.24 bits per heavy atom. The number of carboxylic acids is 2. The van der Waals surface area contributed by atoms with Crippen LogP contribution in [0.2, 0.25) is 0 Å². The average molecular weight is 297 g/mol. The quantitative estimate of drug-likeness (QED) is 0.909. The monoisotopic (exact) mass is 297 g/mol. The van der Waals surface area contributed by atoms with Crippen LogP contribution in [-0.2, 0) is 16.0 Å². The molecule has 112 valence electrons. The summed E-state index contributed by atoms with van der Waals surface area (Å²) in [6.45, 7) is 1.60. The number of rotatable bonds is 3. The van der Waals surface area contributed by atoms with Crippen molar-refractivity contribution in [3.05, 3.63) is 41.6 Å². The molecule has 0 aliphatic carbocycles. The summed E-state index contributed by atoms with van der Waals surface area (Å²) in [7, 11) is 0. The van der Waals surface area contributed by atoms with Gasteiger partial charge in [-0.1, -0.05) is 6.92 Å². The Balaban J connectivity index is 0.000000383. The van der Waals surface area contributed by atoms with Crippen LogP contribution in [0.1, 0.15) is 18.9 Å². The highest BCUT2D eigenvalue weighted by Gasteiger charge is 2.16. The number of aliphatic carboxylic acids is 2. The van der Waals surface area contributed by atoms with Crippen LogP contribution in [0, 0.1) is 11.6 Å². The van der Waals surface area contributed by atoms with Crippen LogP contribution in [0.4, 0.5) is 8.78 Å². The lowest BCUT2D eigenvalue weighted by atomic mass is 10.1. The fraction of sp³-hybridized carbons (Fsp3) is 0.214. The Kier molecular flexibility index (Phi) is 5.71. The number of hydrogen-bond acceptors (Lipinski definition) is 3. The highest BCUT2D eigenvalue weighted by Crippen LogP contribution is 2.22. The van der Waals surface area contributed by atoms with Gasteiger partial charge in [0.15, 0.2) is 0 Å². The first kappa shape index (κ1) is 16.5. The van der Waals surface area contributed by atoms with Crippen LogP contribution >= 0.6 is 0 Å². The number of benzene rings is 1. The summed E-state index contributed by atoms with van der Waals surface area (Å²) in [5.41, 5.74) is -0.264. The molecular formula is C14H13F2NO4. The van der Waals surface area contributed by atoms with Crippen molar-refractivity contribution >= 4 is 22.8 Å². The third kappa shape index (κ3) is 4.48. The van der Waals surface area contributed by atoms with Gasteiger partial charge >= 0.3 is 11.9 Å². The molecular weight excluding hydrogens is 284 g/mol. The van der Waals surface area contributed by atoms with E-state index in [0.717, 1.165) is 6.07 Å². The third-order valence-electron chi connectivity index (χ3n) is 2.52. The SMILES string of the molecule is CCC(=O)O.O=C(O)Cc1c(F)cc2ncccc2c1F. The topological polar surface area (TPSA) is 87.5 Å². The van der Waals surface area contributed by atoms with E-state index in [2.05, 4.69) is 4.98 Å². The number of hydrogen-bond donors (Lipinski definition) is 2. The third-order valence-corrected chi connectivity index (χ3v) is 2.52. The number of carboxylic acid groups (broad SMARTS) is 2. The summed E-state index contributed by atoms with van der Waals surface area (Å²) in [6, 6.07) is 3.98. The van der Waals surface area contributed by atoms with Gasteiger partial charge in [-0.3, -0.25) is 14.6 Å². The molecule has 2 N–H and O–H groups in total. The Labute approximate surface area is 118 Å². The zero-order chi connectivity index (χ0) is 16.0. The molecule has 0 spiro atoms. The summed E-state index contributed by atoms with van der Waals surface area (Å²) in [5, 5.41) is 16.4. The van der Waals surface area contributed by atoms with Crippen LogP contribution < -0.4 is 0 Å². The van der Waals surface area contributed by atoms with Gasteiger partial charge in [-0.25, -0.2) is 8.78 Å². The van der Waals surface area contributed by atoms with E-state index in [1.54, 1.807) is 6.92 Å². The van der Waals surface area contributed by atoms with Crippen LogP contribution in [0.3, 0.4) is 0 Å². The van der Waals surface area contributed by atoms with Gasteiger partial charge in [0.1, 0.15) is 11.6 Å². The van der Waals surface area contributed by atoms with Crippen molar-refractivity contribution < 1.29 is 28.6 Å². The molecule has 0 radical (unpaired) electrons. The second-order valence-corrected chi connectivity index (χ2v) is 4.04. The number of pyridine rings is 1. The van der Waals surface area contributed by atoms with E-state index < -0.39 is 35.6 Å². The summed E-state index contributed by atoms with van der Waals surface area (Å²) in [5.74, 6) is -3.76. The highest BCUT2D eigenvalue weighted by atomic mass is 19.1. The van der Waals surface area contributed by atoms with Gasteiger partial charge in [-0.2, -0.15) is 0 Å². The molecule has 0 saturated carbocycles. The zero-order valence-corrected chi connectivity index (χ0v) is 11.1. The lowest BCUT2D eigenvalue weighted by Crippen LogP contribution is -2.06. The Morgan fingerprint density at radius 3 is 2.38 bits per heavy atom. The summed E-state index contributed by atoms with van der Waals surface area (Å²) in [6.07, 6.45) is 0.959. The standard InChI is InChI=1S/C11H7F2NO2.C3H6O2/c12-8-5-9-6(2-1-3-14-9)11(13)7(8)4-10(15)16;1-2-3(4)5/h1-3,5H,4H2,(H,15,16);2H2,1H3,(H,4,5). The average Bonchev–Trinajstić information content (AvgIpc) is 2.44. The van der Waals surface area contributed by atoms with E-state index in [1.165, 1.54) is 18.3 Å². The fourth-order valence-electron chi connectivity index (χ4n) is 1.51. The maximum atomic E-state index is 13.7. The van der Waals surface area contributed by atoms with Crippen LogP contribution in [-0.4, -0.2) is 27.1 Å². The first-order valence-electron chi connectivity index (χ1n) is 6.02. The Bertz CT molecular complexity index is 673. The first-order valence-corrected chi connectivity index (χ1v) is 6.02. The number of halogens is 2. The lowest BCUT2D eigenvalue weighted by molar-refractivity contribution is -0.137. The van der Waals surface area contributed by atoms with Crippen LogP contribution in [0.25, 0.3) is 10.9 Å².